The van der Waals surface area contributed by atoms with Gasteiger partial charge in [-0.1, -0.05) is 24.3 Å². The average molecular weight is 143 g/mol. The highest BCUT2D eigenvalue weighted by Crippen LogP contribution is 2.07. The molecule has 0 fully saturated rings. The van der Waals surface area contributed by atoms with E-state index in [2.05, 4.69) is 0 Å². The van der Waals surface area contributed by atoms with Gasteiger partial charge in [0, 0.05) is 6.08 Å². The van der Waals surface area contributed by atoms with E-state index in [0.717, 1.165) is 5.56 Å². The third-order valence-electron chi connectivity index (χ3n) is 1.53. The first-order chi connectivity index (χ1) is 5.34. The second-order valence-corrected chi connectivity index (χ2v) is 2.32. The van der Waals surface area contributed by atoms with Crippen LogP contribution in [0.4, 0.5) is 0 Å². The molecule has 0 aliphatic heterocycles. The van der Waals surface area contributed by atoms with Gasteiger partial charge in [0.05, 0.1) is 6.07 Å². The van der Waals surface area contributed by atoms with Crippen LogP contribution in [0, 0.1) is 18.3 Å². The number of aryl methyl sites for hydroxylation is 1. The van der Waals surface area contributed by atoms with Crippen molar-refractivity contribution in [3.05, 3.63) is 41.5 Å². The molecule has 1 nitrogen and oxygen atoms in total. The topological polar surface area (TPSA) is 23.8 Å². The van der Waals surface area contributed by atoms with Crippen molar-refractivity contribution in [3.63, 3.8) is 0 Å². The third-order valence-corrected chi connectivity index (χ3v) is 1.53. The molecule has 0 unspecified atom stereocenters. The molecule has 0 bridgehead atoms. The van der Waals surface area contributed by atoms with Crippen LogP contribution < -0.4 is 0 Å². The number of benzene rings is 1. The van der Waals surface area contributed by atoms with Crippen molar-refractivity contribution in [1.82, 2.24) is 0 Å². The monoisotopic (exact) mass is 143 g/mol. The van der Waals surface area contributed by atoms with Crippen LogP contribution in [0.2, 0.25) is 0 Å². The molecule has 0 radical (unpaired) electrons. The normalized spacial score (nSPS) is 9.82. The Morgan fingerprint density at radius 2 is 2.09 bits per heavy atom. The smallest absolute Gasteiger partial charge is 0.0912 e. The number of nitrogens with zero attached hydrogens (tertiary/aromatic N) is 1. The molecule has 0 saturated carbocycles. The van der Waals surface area contributed by atoms with Crippen LogP contribution in [0.15, 0.2) is 30.3 Å². The quantitative estimate of drug-likeness (QED) is 0.554. The second kappa shape index (κ2) is 3.58. The third kappa shape index (κ3) is 1.94. The zero-order valence-corrected chi connectivity index (χ0v) is 6.41. The Bertz CT molecular complexity index is 305. The van der Waals surface area contributed by atoms with Gasteiger partial charge in [0.15, 0.2) is 0 Å². The molecular weight excluding hydrogens is 134 g/mol. The Kier molecular flexibility index (Phi) is 2.46. The predicted octanol–water partition coefficient (Wildman–Crippen LogP) is 2.53. The molecule has 1 aromatic rings. The van der Waals surface area contributed by atoms with Gasteiger partial charge >= 0.3 is 0 Å². The SMILES string of the molecule is Cc1ccccc1/C=C\C#N. The summed E-state index contributed by atoms with van der Waals surface area (Å²) in [6.45, 7) is 2.02. The van der Waals surface area contributed by atoms with E-state index >= 15 is 0 Å². The highest BCUT2D eigenvalue weighted by atomic mass is 14.2. The van der Waals surface area contributed by atoms with Gasteiger partial charge in [0.25, 0.3) is 0 Å². The van der Waals surface area contributed by atoms with Gasteiger partial charge < -0.3 is 0 Å². The highest BCUT2D eigenvalue weighted by Gasteiger charge is 1.88. The summed E-state index contributed by atoms with van der Waals surface area (Å²) in [6, 6.07) is 9.92. The van der Waals surface area contributed by atoms with E-state index < -0.39 is 0 Å². The summed E-state index contributed by atoms with van der Waals surface area (Å²) in [5, 5.41) is 8.28. The summed E-state index contributed by atoms with van der Waals surface area (Å²) in [5.41, 5.74) is 2.30. The van der Waals surface area contributed by atoms with Crippen molar-refractivity contribution >= 4 is 6.08 Å². The first-order valence-corrected chi connectivity index (χ1v) is 3.46. The Balaban J connectivity index is 2.97. The van der Waals surface area contributed by atoms with E-state index in [4.69, 9.17) is 5.26 Å². The molecule has 1 heteroatoms. The Morgan fingerprint density at radius 1 is 1.36 bits per heavy atom. The summed E-state index contributed by atoms with van der Waals surface area (Å²) in [6.07, 6.45) is 3.30. The lowest BCUT2D eigenvalue weighted by molar-refractivity contribution is 1.44. The van der Waals surface area contributed by atoms with Crippen LogP contribution in [0.25, 0.3) is 6.08 Å². The predicted molar refractivity (Wildman–Crippen MR) is 45.8 cm³/mol. The lowest BCUT2D eigenvalue weighted by atomic mass is 10.1. The number of allylic oxidation sites excluding steroid dienone is 1. The van der Waals surface area contributed by atoms with E-state index in [1.165, 1.54) is 11.6 Å². The average Bonchev–Trinajstić information content (AvgIpc) is 2.03. The Morgan fingerprint density at radius 3 is 2.73 bits per heavy atom. The van der Waals surface area contributed by atoms with Crippen LogP contribution in [0.3, 0.4) is 0 Å². The Labute approximate surface area is 66.6 Å². The molecule has 11 heavy (non-hydrogen) atoms. The maximum atomic E-state index is 8.28. The van der Waals surface area contributed by atoms with E-state index in [1.54, 1.807) is 0 Å². The summed E-state index contributed by atoms with van der Waals surface area (Å²) in [5.74, 6) is 0. The molecule has 0 saturated heterocycles. The van der Waals surface area contributed by atoms with Gasteiger partial charge in [0.1, 0.15) is 0 Å². The minimum Gasteiger partial charge on any atom is -0.193 e. The van der Waals surface area contributed by atoms with E-state index in [0.29, 0.717) is 0 Å². The molecule has 54 valence electrons. The van der Waals surface area contributed by atoms with Gasteiger partial charge in [0.2, 0.25) is 0 Å². The molecule has 0 aliphatic carbocycles. The van der Waals surface area contributed by atoms with Crippen molar-refractivity contribution < 1.29 is 0 Å². The molecular formula is C10H9N. The number of rotatable bonds is 1. The molecule has 1 rings (SSSR count). The molecule has 0 amide bonds. The summed E-state index contributed by atoms with van der Waals surface area (Å²) < 4.78 is 0. The van der Waals surface area contributed by atoms with E-state index in [-0.39, 0.29) is 0 Å². The fourth-order valence-electron chi connectivity index (χ4n) is 0.901. The van der Waals surface area contributed by atoms with Crippen molar-refractivity contribution in [2.24, 2.45) is 0 Å². The lowest BCUT2D eigenvalue weighted by Gasteiger charge is -1.95. The Hall–Kier alpha value is -1.55. The fraction of sp³-hybridized carbons (Fsp3) is 0.100. The minimum absolute atomic E-state index is 1.11. The number of nitriles is 1. The standard InChI is InChI=1S/C10H9N/c1-9-5-2-3-6-10(9)7-4-8-11/h2-7H,1H3/b7-4-. The largest absolute Gasteiger partial charge is 0.193 e. The maximum Gasteiger partial charge on any atom is 0.0912 e. The molecule has 0 heterocycles. The van der Waals surface area contributed by atoms with E-state index in [1.807, 2.05) is 43.3 Å². The number of hydrogen-bond donors (Lipinski definition) is 0. The summed E-state index contributed by atoms with van der Waals surface area (Å²) in [4.78, 5) is 0. The molecule has 0 spiro atoms. The van der Waals surface area contributed by atoms with Gasteiger partial charge in [-0.15, -0.1) is 0 Å². The molecule has 0 aliphatic rings. The van der Waals surface area contributed by atoms with Gasteiger partial charge in [-0.2, -0.15) is 5.26 Å². The van der Waals surface area contributed by atoms with Crippen molar-refractivity contribution in [2.75, 3.05) is 0 Å². The first-order valence-electron chi connectivity index (χ1n) is 3.46. The van der Waals surface area contributed by atoms with Crippen LogP contribution >= 0.6 is 0 Å². The number of hydrogen-bond acceptors (Lipinski definition) is 1. The molecule has 0 atom stereocenters. The minimum atomic E-state index is 1.11. The fourth-order valence-corrected chi connectivity index (χ4v) is 0.901. The van der Waals surface area contributed by atoms with Gasteiger partial charge in [-0.25, -0.2) is 0 Å². The van der Waals surface area contributed by atoms with Crippen molar-refractivity contribution in [3.8, 4) is 6.07 Å². The highest BCUT2D eigenvalue weighted by molar-refractivity contribution is 5.55. The zero-order valence-electron chi connectivity index (χ0n) is 6.41. The first kappa shape index (κ1) is 7.56. The van der Waals surface area contributed by atoms with Crippen molar-refractivity contribution in [2.45, 2.75) is 6.92 Å². The lowest BCUT2D eigenvalue weighted by Crippen LogP contribution is -1.76. The van der Waals surface area contributed by atoms with Gasteiger partial charge in [-0.05, 0) is 24.1 Å². The summed E-state index contributed by atoms with van der Waals surface area (Å²) in [7, 11) is 0. The van der Waals surface area contributed by atoms with Crippen molar-refractivity contribution in [1.29, 1.82) is 5.26 Å². The summed E-state index contributed by atoms with van der Waals surface area (Å²) >= 11 is 0. The second-order valence-electron chi connectivity index (χ2n) is 2.32. The molecule has 1 aromatic carbocycles. The maximum absolute atomic E-state index is 8.28. The molecule has 0 N–H and O–H groups in total. The van der Waals surface area contributed by atoms with E-state index in [9.17, 15) is 0 Å². The van der Waals surface area contributed by atoms with Crippen LogP contribution in [0.1, 0.15) is 11.1 Å². The van der Waals surface area contributed by atoms with Gasteiger partial charge in [-0.3, -0.25) is 0 Å². The van der Waals surface area contributed by atoms with Crippen LogP contribution in [-0.2, 0) is 0 Å². The molecule has 0 aromatic heterocycles. The zero-order chi connectivity index (χ0) is 8.10. The van der Waals surface area contributed by atoms with Crippen LogP contribution in [-0.4, -0.2) is 0 Å². The van der Waals surface area contributed by atoms with Crippen LogP contribution in [0.5, 0.6) is 0 Å².